The van der Waals surface area contributed by atoms with Crippen LogP contribution in [0, 0.1) is 0 Å². The second-order valence-corrected chi connectivity index (χ2v) is 4.67. The number of halogens is 2. The van der Waals surface area contributed by atoms with Crippen molar-refractivity contribution in [1.82, 2.24) is 0 Å². The number of rotatable bonds is 2. The number of thiophene rings is 1. The molecule has 0 fully saturated rings. The van der Waals surface area contributed by atoms with Gasteiger partial charge in [-0.3, -0.25) is 0 Å². The fourth-order valence-electron chi connectivity index (χ4n) is 1.41. The van der Waals surface area contributed by atoms with Gasteiger partial charge in [0.25, 0.3) is 0 Å². The summed E-state index contributed by atoms with van der Waals surface area (Å²) in [6.45, 7) is 0. The molecule has 0 amide bonds. The largest absolute Gasteiger partial charge is 0.495 e. The molecule has 0 saturated carbocycles. The quantitative estimate of drug-likeness (QED) is 0.719. The van der Waals surface area contributed by atoms with Crippen molar-refractivity contribution in [1.29, 1.82) is 0 Å². The highest BCUT2D eigenvalue weighted by Gasteiger charge is 2.11. The van der Waals surface area contributed by atoms with Crippen LogP contribution in [0.5, 0.6) is 5.75 Å². The fraction of sp³-hybridized carbons (Fsp3) is 0.200. The summed E-state index contributed by atoms with van der Waals surface area (Å²) in [6, 6.07) is 5.75. The third kappa shape index (κ3) is 1.58. The molecule has 0 aliphatic heterocycles. The van der Waals surface area contributed by atoms with Gasteiger partial charge in [0.05, 0.1) is 17.9 Å². The van der Waals surface area contributed by atoms with Crippen molar-refractivity contribution in [3.63, 3.8) is 0 Å². The van der Waals surface area contributed by atoms with Gasteiger partial charge in [0, 0.05) is 15.1 Å². The van der Waals surface area contributed by atoms with Crippen molar-refractivity contribution in [2.75, 3.05) is 7.11 Å². The molecule has 4 heteroatoms. The van der Waals surface area contributed by atoms with E-state index in [2.05, 4.69) is 0 Å². The Kier molecular flexibility index (Phi) is 2.86. The lowest BCUT2D eigenvalue weighted by Gasteiger charge is -1.99. The van der Waals surface area contributed by atoms with E-state index in [9.17, 15) is 0 Å². The maximum Gasteiger partial charge on any atom is 0.141 e. The first-order valence-electron chi connectivity index (χ1n) is 4.07. The van der Waals surface area contributed by atoms with E-state index in [-0.39, 0.29) is 0 Å². The smallest absolute Gasteiger partial charge is 0.141 e. The molecule has 0 saturated heterocycles. The molecule has 0 aliphatic carbocycles. The lowest BCUT2D eigenvalue weighted by atomic mass is 10.2. The van der Waals surface area contributed by atoms with Gasteiger partial charge in [-0.2, -0.15) is 0 Å². The maximum atomic E-state index is 5.90. The zero-order valence-electron chi connectivity index (χ0n) is 7.51. The molecule has 74 valence electrons. The first kappa shape index (κ1) is 10.1. The first-order chi connectivity index (χ1) is 6.76. The Labute approximate surface area is 96.2 Å². The van der Waals surface area contributed by atoms with E-state index in [1.165, 1.54) is 0 Å². The van der Waals surface area contributed by atoms with Crippen LogP contribution in [0.1, 0.15) is 4.88 Å². The molecule has 0 spiro atoms. The van der Waals surface area contributed by atoms with E-state index < -0.39 is 0 Å². The number of methoxy groups -OCH3 is 1. The molecular formula is C10H8Cl2OS. The molecule has 1 aromatic heterocycles. The third-order valence-electron chi connectivity index (χ3n) is 2.00. The zero-order valence-corrected chi connectivity index (χ0v) is 9.84. The van der Waals surface area contributed by atoms with Gasteiger partial charge in [-0.25, -0.2) is 0 Å². The maximum absolute atomic E-state index is 5.90. The highest BCUT2D eigenvalue weighted by atomic mass is 35.5. The van der Waals surface area contributed by atoms with Crippen LogP contribution in [0.2, 0.25) is 5.02 Å². The molecule has 0 atom stereocenters. The van der Waals surface area contributed by atoms with Gasteiger partial charge < -0.3 is 4.74 Å². The van der Waals surface area contributed by atoms with E-state index in [1.807, 2.05) is 18.2 Å². The molecule has 0 bridgehead atoms. The average molecular weight is 247 g/mol. The minimum absolute atomic E-state index is 0.472. The highest BCUT2D eigenvalue weighted by Crippen LogP contribution is 2.39. The van der Waals surface area contributed by atoms with Crippen molar-refractivity contribution in [2.45, 2.75) is 5.88 Å². The number of alkyl halides is 1. The van der Waals surface area contributed by atoms with Gasteiger partial charge in [0.15, 0.2) is 0 Å². The number of benzene rings is 1. The van der Waals surface area contributed by atoms with E-state index in [1.54, 1.807) is 18.4 Å². The van der Waals surface area contributed by atoms with Crippen LogP contribution < -0.4 is 4.74 Å². The van der Waals surface area contributed by atoms with Crippen LogP contribution in [0.4, 0.5) is 0 Å². The topological polar surface area (TPSA) is 9.23 Å². The second-order valence-electron chi connectivity index (χ2n) is 2.83. The first-order valence-corrected chi connectivity index (χ1v) is 5.80. The summed E-state index contributed by atoms with van der Waals surface area (Å²) < 4.78 is 6.43. The van der Waals surface area contributed by atoms with Gasteiger partial charge in [-0.15, -0.1) is 22.9 Å². The molecule has 2 aromatic rings. The third-order valence-corrected chi connectivity index (χ3v) is 3.79. The van der Waals surface area contributed by atoms with Crippen LogP contribution >= 0.6 is 34.5 Å². The van der Waals surface area contributed by atoms with Gasteiger partial charge in [-0.05, 0) is 18.2 Å². The Hall–Kier alpha value is -0.440. The Balaban J connectivity index is 2.73. The molecule has 14 heavy (non-hydrogen) atoms. The van der Waals surface area contributed by atoms with E-state index in [0.717, 1.165) is 25.7 Å². The summed E-state index contributed by atoms with van der Waals surface area (Å²) in [5.41, 5.74) is 0. The lowest BCUT2D eigenvalue weighted by molar-refractivity contribution is 0.418. The molecule has 1 aromatic carbocycles. The molecule has 0 unspecified atom stereocenters. The van der Waals surface area contributed by atoms with Crippen molar-refractivity contribution < 1.29 is 4.74 Å². The molecule has 2 rings (SSSR count). The minimum Gasteiger partial charge on any atom is -0.495 e. The number of fused-ring (bicyclic) bond motifs is 1. The van der Waals surface area contributed by atoms with Crippen LogP contribution in [-0.2, 0) is 5.88 Å². The SMILES string of the molecule is COc1c(CCl)sc2cc(Cl)ccc12. The summed E-state index contributed by atoms with van der Waals surface area (Å²) in [7, 11) is 1.66. The molecule has 0 N–H and O–H groups in total. The predicted molar refractivity (Wildman–Crippen MR) is 62.9 cm³/mol. The van der Waals surface area contributed by atoms with E-state index in [0.29, 0.717) is 5.88 Å². The van der Waals surface area contributed by atoms with Crippen molar-refractivity contribution in [2.24, 2.45) is 0 Å². The molecule has 0 radical (unpaired) electrons. The predicted octanol–water partition coefficient (Wildman–Crippen LogP) is 4.30. The Bertz CT molecular complexity index is 464. The zero-order chi connectivity index (χ0) is 10.1. The molecule has 1 heterocycles. The van der Waals surface area contributed by atoms with Gasteiger partial charge in [0.1, 0.15) is 5.75 Å². The van der Waals surface area contributed by atoms with Crippen LogP contribution in [0.3, 0.4) is 0 Å². The lowest BCUT2D eigenvalue weighted by Crippen LogP contribution is -1.83. The van der Waals surface area contributed by atoms with Crippen molar-refractivity contribution in [3.8, 4) is 5.75 Å². The average Bonchev–Trinajstić information content (AvgIpc) is 2.54. The fourth-order valence-corrected chi connectivity index (χ4v) is 2.99. The highest BCUT2D eigenvalue weighted by molar-refractivity contribution is 7.19. The van der Waals surface area contributed by atoms with Gasteiger partial charge in [-0.1, -0.05) is 11.6 Å². The second kappa shape index (κ2) is 3.97. The molecule has 0 aliphatic rings. The number of hydrogen-bond acceptors (Lipinski definition) is 2. The van der Waals surface area contributed by atoms with Crippen LogP contribution in [-0.4, -0.2) is 7.11 Å². The Morgan fingerprint density at radius 1 is 1.43 bits per heavy atom. The van der Waals surface area contributed by atoms with E-state index >= 15 is 0 Å². The minimum atomic E-state index is 0.472. The van der Waals surface area contributed by atoms with Gasteiger partial charge >= 0.3 is 0 Å². The summed E-state index contributed by atoms with van der Waals surface area (Å²) in [5, 5.41) is 1.82. The number of ether oxygens (including phenoxy) is 1. The Morgan fingerprint density at radius 2 is 2.21 bits per heavy atom. The van der Waals surface area contributed by atoms with Crippen molar-refractivity contribution in [3.05, 3.63) is 28.1 Å². The van der Waals surface area contributed by atoms with E-state index in [4.69, 9.17) is 27.9 Å². The Morgan fingerprint density at radius 3 is 2.86 bits per heavy atom. The normalized spacial score (nSPS) is 10.8. The van der Waals surface area contributed by atoms with Crippen LogP contribution in [0.15, 0.2) is 18.2 Å². The summed E-state index contributed by atoms with van der Waals surface area (Å²) in [5.74, 6) is 1.34. The van der Waals surface area contributed by atoms with Crippen LogP contribution in [0.25, 0.3) is 10.1 Å². The number of hydrogen-bond donors (Lipinski definition) is 0. The molecule has 1 nitrogen and oxygen atoms in total. The van der Waals surface area contributed by atoms with Crippen molar-refractivity contribution >= 4 is 44.6 Å². The summed E-state index contributed by atoms with van der Waals surface area (Å²) in [6.07, 6.45) is 0. The standard InChI is InChI=1S/C10H8Cl2OS/c1-13-10-7-3-2-6(12)4-8(7)14-9(10)5-11/h2-4H,5H2,1H3. The monoisotopic (exact) mass is 246 g/mol. The van der Waals surface area contributed by atoms with Gasteiger partial charge in [0.2, 0.25) is 0 Å². The summed E-state index contributed by atoms with van der Waals surface area (Å²) >= 11 is 13.3. The molecular weight excluding hydrogens is 239 g/mol. The summed E-state index contributed by atoms with van der Waals surface area (Å²) in [4.78, 5) is 1.05.